The van der Waals surface area contributed by atoms with Crippen molar-refractivity contribution in [1.29, 1.82) is 0 Å². The van der Waals surface area contributed by atoms with Crippen molar-refractivity contribution in [2.75, 3.05) is 5.32 Å². The molecule has 0 unspecified atom stereocenters. The molecule has 0 radical (unpaired) electrons. The molecule has 0 aliphatic rings. The Balaban J connectivity index is 2.06. The zero-order chi connectivity index (χ0) is 14.4. The van der Waals surface area contributed by atoms with Gasteiger partial charge in [-0.1, -0.05) is 37.6 Å². The molecule has 3 N–H and O–H groups in total. The van der Waals surface area contributed by atoms with Gasteiger partial charge in [-0.2, -0.15) is 0 Å². The van der Waals surface area contributed by atoms with Crippen LogP contribution in [0.5, 0.6) is 0 Å². The predicted molar refractivity (Wildman–Crippen MR) is 86.5 cm³/mol. The quantitative estimate of drug-likeness (QED) is 0.649. The van der Waals surface area contributed by atoms with E-state index in [1.54, 1.807) is 0 Å². The van der Waals surface area contributed by atoms with E-state index in [-0.39, 0.29) is 0 Å². The van der Waals surface area contributed by atoms with Crippen LogP contribution in [0.15, 0.2) is 53.5 Å². The lowest BCUT2D eigenvalue weighted by Gasteiger charge is -2.06. The highest BCUT2D eigenvalue weighted by atomic mass is 15.1. The molecule has 0 amide bonds. The molecule has 20 heavy (non-hydrogen) atoms. The summed E-state index contributed by atoms with van der Waals surface area (Å²) in [5.41, 5.74) is 10.3. The van der Waals surface area contributed by atoms with Crippen LogP contribution in [-0.2, 0) is 6.42 Å². The molecule has 3 heteroatoms. The fourth-order valence-corrected chi connectivity index (χ4v) is 2.06. The van der Waals surface area contributed by atoms with E-state index in [2.05, 4.69) is 29.4 Å². The molecule has 0 spiro atoms. The second-order valence-electron chi connectivity index (χ2n) is 4.91. The van der Waals surface area contributed by atoms with E-state index in [9.17, 15) is 0 Å². The Bertz CT molecular complexity index is 585. The lowest BCUT2D eigenvalue weighted by molar-refractivity contribution is 0.922. The van der Waals surface area contributed by atoms with Crippen LogP contribution in [0.2, 0.25) is 0 Å². The smallest absolute Gasteiger partial charge is 0.198 e. The van der Waals surface area contributed by atoms with Gasteiger partial charge in [-0.25, -0.2) is 4.99 Å². The van der Waals surface area contributed by atoms with Gasteiger partial charge in [-0.05, 0) is 48.7 Å². The van der Waals surface area contributed by atoms with Crippen LogP contribution in [0.3, 0.4) is 0 Å². The number of nitrogens with one attached hydrogen (secondary N) is 1. The fraction of sp³-hybridized carbons (Fsp3) is 0.235. The first-order valence-corrected chi connectivity index (χ1v) is 6.94. The number of rotatable bonds is 4. The van der Waals surface area contributed by atoms with Crippen molar-refractivity contribution in [3.05, 3.63) is 59.7 Å². The molecule has 0 atom stereocenters. The molecule has 104 valence electrons. The minimum absolute atomic E-state index is 0.402. The monoisotopic (exact) mass is 267 g/mol. The van der Waals surface area contributed by atoms with Crippen LogP contribution in [0, 0.1) is 6.92 Å². The summed E-state index contributed by atoms with van der Waals surface area (Å²) in [5.74, 6) is 0.402. The fourth-order valence-electron chi connectivity index (χ4n) is 2.06. The summed E-state index contributed by atoms with van der Waals surface area (Å²) in [4.78, 5) is 4.37. The van der Waals surface area contributed by atoms with Crippen LogP contribution in [0.4, 0.5) is 11.4 Å². The molecule has 0 aliphatic carbocycles. The van der Waals surface area contributed by atoms with Gasteiger partial charge in [0.05, 0.1) is 5.69 Å². The van der Waals surface area contributed by atoms with Crippen LogP contribution in [0.1, 0.15) is 24.5 Å². The van der Waals surface area contributed by atoms with Gasteiger partial charge in [0.1, 0.15) is 0 Å². The molecule has 0 fully saturated rings. The third kappa shape index (κ3) is 4.12. The molecule has 2 rings (SSSR count). The van der Waals surface area contributed by atoms with Crippen LogP contribution >= 0.6 is 0 Å². The minimum atomic E-state index is 0.402. The molecule has 2 aromatic carbocycles. The second kappa shape index (κ2) is 6.75. The van der Waals surface area contributed by atoms with Crippen molar-refractivity contribution in [1.82, 2.24) is 0 Å². The summed E-state index contributed by atoms with van der Waals surface area (Å²) in [6.07, 6.45) is 2.25. The Hall–Kier alpha value is -2.29. The van der Waals surface area contributed by atoms with E-state index in [1.807, 2.05) is 43.3 Å². The topological polar surface area (TPSA) is 50.4 Å². The van der Waals surface area contributed by atoms with Gasteiger partial charge >= 0.3 is 0 Å². The molecule has 0 saturated carbocycles. The summed E-state index contributed by atoms with van der Waals surface area (Å²) in [6, 6.07) is 16.2. The molecule has 0 bridgehead atoms. The van der Waals surface area contributed by atoms with Crippen molar-refractivity contribution in [3.8, 4) is 0 Å². The Kier molecular flexibility index (Phi) is 4.77. The van der Waals surface area contributed by atoms with Crippen molar-refractivity contribution >= 4 is 17.3 Å². The van der Waals surface area contributed by atoms with Gasteiger partial charge in [0.2, 0.25) is 0 Å². The molecule has 0 heterocycles. The first kappa shape index (κ1) is 14.1. The third-order valence-corrected chi connectivity index (χ3v) is 3.02. The third-order valence-electron chi connectivity index (χ3n) is 3.02. The lowest BCUT2D eigenvalue weighted by Crippen LogP contribution is -2.21. The maximum absolute atomic E-state index is 5.92. The van der Waals surface area contributed by atoms with Crippen molar-refractivity contribution in [2.24, 2.45) is 10.7 Å². The SMILES string of the molecule is CCCc1ccc(N=C(N)Nc2cccc(C)c2)cc1. The van der Waals surface area contributed by atoms with Gasteiger partial charge in [0, 0.05) is 5.69 Å². The molecule has 0 saturated heterocycles. The summed E-state index contributed by atoms with van der Waals surface area (Å²) >= 11 is 0. The van der Waals surface area contributed by atoms with Crippen molar-refractivity contribution in [3.63, 3.8) is 0 Å². The van der Waals surface area contributed by atoms with E-state index in [1.165, 1.54) is 11.1 Å². The van der Waals surface area contributed by atoms with Crippen LogP contribution in [-0.4, -0.2) is 5.96 Å². The van der Waals surface area contributed by atoms with E-state index < -0.39 is 0 Å². The highest BCUT2D eigenvalue weighted by Crippen LogP contribution is 2.15. The maximum atomic E-state index is 5.92. The number of benzene rings is 2. The standard InChI is InChI=1S/C17H21N3/c1-3-5-14-8-10-15(11-9-14)19-17(18)20-16-7-4-6-13(2)12-16/h4,6-12H,3,5H2,1-2H3,(H3,18,19,20). The predicted octanol–water partition coefficient (Wildman–Crippen LogP) is 4.01. The summed E-state index contributed by atoms with van der Waals surface area (Å²) in [6.45, 7) is 4.22. The molecular formula is C17H21N3. The minimum Gasteiger partial charge on any atom is -0.369 e. The second-order valence-corrected chi connectivity index (χ2v) is 4.91. The van der Waals surface area contributed by atoms with E-state index in [0.29, 0.717) is 5.96 Å². The van der Waals surface area contributed by atoms with Gasteiger partial charge in [-0.3, -0.25) is 0 Å². The van der Waals surface area contributed by atoms with Crippen molar-refractivity contribution in [2.45, 2.75) is 26.7 Å². The Morgan fingerprint density at radius 1 is 1.15 bits per heavy atom. The molecule has 0 aromatic heterocycles. The van der Waals surface area contributed by atoms with Gasteiger partial charge in [0.25, 0.3) is 0 Å². The summed E-state index contributed by atoms with van der Waals surface area (Å²) in [5, 5.41) is 3.10. The number of nitrogens with two attached hydrogens (primary N) is 1. The number of hydrogen-bond acceptors (Lipinski definition) is 1. The lowest BCUT2D eigenvalue weighted by atomic mass is 10.1. The number of aryl methyl sites for hydroxylation is 2. The molecular weight excluding hydrogens is 246 g/mol. The van der Waals surface area contributed by atoms with E-state index in [0.717, 1.165) is 24.2 Å². The number of anilines is 1. The number of aliphatic imine (C=N–C) groups is 1. The summed E-state index contributed by atoms with van der Waals surface area (Å²) < 4.78 is 0. The Labute approximate surface area is 120 Å². The van der Waals surface area contributed by atoms with Crippen molar-refractivity contribution < 1.29 is 0 Å². The van der Waals surface area contributed by atoms with Crippen LogP contribution < -0.4 is 11.1 Å². The Morgan fingerprint density at radius 2 is 1.90 bits per heavy atom. The number of hydrogen-bond donors (Lipinski definition) is 2. The normalized spacial score (nSPS) is 11.4. The first-order chi connectivity index (χ1) is 9.67. The van der Waals surface area contributed by atoms with Gasteiger partial charge in [0.15, 0.2) is 5.96 Å². The first-order valence-electron chi connectivity index (χ1n) is 6.94. The van der Waals surface area contributed by atoms with E-state index in [4.69, 9.17) is 5.73 Å². The van der Waals surface area contributed by atoms with Crippen LogP contribution in [0.25, 0.3) is 0 Å². The molecule has 3 nitrogen and oxygen atoms in total. The highest BCUT2D eigenvalue weighted by Gasteiger charge is 1.97. The summed E-state index contributed by atoms with van der Waals surface area (Å²) in [7, 11) is 0. The number of guanidine groups is 1. The zero-order valence-electron chi connectivity index (χ0n) is 12.1. The average molecular weight is 267 g/mol. The highest BCUT2D eigenvalue weighted by molar-refractivity contribution is 5.94. The van der Waals surface area contributed by atoms with Gasteiger partial charge in [-0.15, -0.1) is 0 Å². The van der Waals surface area contributed by atoms with Gasteiger partial charge < -0.3 is 11.1 Å². The molecule has 0 aliphatic heterocycles. The average Bonchev–Trinajstić information content (AvgIpc) is 2.41. The number of nitrogens with zero attached hydrogens (tertiary/aromatic N) is 1. The largest absolute Gasteiger partial charge is 0.369 e. The Morgan fingerprint density at radius 3 is 2.55 bits per heavy atom. The molecule has 2 aromatic rings. The zero-order valence-corrected chi connectivity index (χ0v) is 12.1. The van der Waals surface area contributed by atoms with E-state index >= 15 is 0 Å². The maximum Gasteiger partial charge on any atom is 0.198 e.